The predicted octanol–water partition coefficient (Wildman–Crippen LogP) is 4.92. The van der Waals surface area contributed by atoms with Crippen molar-refractivity contribution in [2.75, 3.05) is 11.6 Å². The number of para-hydroxylation sites is 1. The molecule has 3 rings (SSSR count). The van der Waals surface area contributed by atoms with E-state index in [2.05, 4.69) is 54.8 Å². The Morgan fingerprint density at radius 2 is 1.96 bits per heavy atom. The lowest BCUT2D eigenvalue weighted by Gasteiger charge is -2.28. The predicted molar refractivity (Wildman–Crippen MR) is 102 cm³/mol. The van der Waals surface area contributed by atoms with Crippen molar-refractivity contribution in [2.45, 2.75) is 32.6 Å². The van der Waals surface area contributed by atoms with Crippen LogP contribution in [0.4, 0.5) is 5.69 Å². The topological polar surface area (TPSA) is 39.1 Å². The summed E-state index contributed by atoms with van der Waals surface area (Å²) in [5.41, 5.74) is 4.60. The third-order valence-electron chi connectivity index (χ3n) is 4.35. The molecule has 0 bridgehead atoms. The summed E-state index contributed by atoms with van der Waals surface area (Å²) < 4.78 is 0. The van der Waals surface area contributed by atoms with E-state index in [-0.39, 0.29) is 0 Å². The summed E-state index contributed by atoms with van der Waals surface area (Å²) in [5.74, 6) is 0.549. The first-order chi connectivity index (χ1) is 11.7. The van der Waals surface area contributed by atoms with Gasteiger partial charge < -0.3 is 10.2 Å². The van der Waals surface area contributed by atoms with E-state index < -0.39 is 0 Å². The molecule has 24 heavy (non-hydrogen) atoms. The second kappa shape index (κ2) is 7.82. The van der Waals surface area contributed by atoms with E-state index in [9.17, 15) is 0 Å². The fourth-order valence-electron chi connectivity index (χ4n) is 3.03. The molecule has 124 valence electrons. The first-order valence-electron chi connectivity index (χ1n) is 8.63. The van der Waals surface area contributed by atoms with Crippen LogP contribution in [0.1, 0.15) is 32.6 Å². The van der Waals surface area contributed by atoms with Crippen molar-refractivity contribution >= 4 is 11.5 Å². The number of nitrogens with one attached hydrogen (secondary N) is 2. The molecule has 0 amide bonds. The van der Waals surface area contributed by atoms with Crippen LogP contribution < -0.4 is 10.2 Å². The fraction of sp³-hybridized carbons (Fsp3) is 0.286. The molecule has 2 N–H and O–H groups in total. The van der Waals surface area contributed by atoms with Gasteiger partial charge in [0, 0.05) is 17.0 Å². The van der Waals surface area contributed by atoms with Crippen molar-refractivity contribution in [3.8, 4) is 0 Å². The van der Waals surface area contributed by atoms with Crippen LogP contribution in [0, 0.1) is 5.41 Å². The molecule has 0 saturated carbocycles. The van der Waals surface area contributed by atoms with Gasteiger partial charge in [-0.15, -0.1) is 0 Å². The van der Waals surface area contributed by atoms with E-state index in [1.807, 2.05) is 23.1 Å². The molecule has 0 unspecified atom stereocenters. The molecule has 2 aliphatic carbocycles. The standard InChI is InChI=1S/C21H25N3/c1-17-9-8-12-19(15-17)23-16-24(20-13-6-3-7-14-20)21(22)18-10-4-2-5-11-18/h3-4,6-7,9-11,13-15,22-23H,2,5,8,12,16H2,1H3. The largest absolute Gasteiger partial charge is 0.371 e. The number of hydrogen-bond acceptors (Lipinski definition) is 2. The van der Waals surface area contributed by atoms with Gasteiger partial charge in [-0.3, -0.25) is 5.41 Å². The monoisotopic (exact) mass is 319 g/mol. The van der Waals surface area contributed by atoms with E-state index >= 15 is 0 Å². The third kappa shape index (κ3) is 4.05. The number of allylic oxidation sites excluding steroid dienone is 6. The SMILES string of the molecule is CC1=CCCC(NCN(C(=N)C2=CCCC=C2)c2ccccc2)=C1. The molecule has 1 aromatic rings. The average Bonchev–Trinajstić information content (AvgIpc) is 2.63. The lowest BCUT2D eigenvalue weighted by molar-refractivity contribution is 0.744. The summed E-state index contributed by atoms with van der Waals surface area (Å²) in [7, 11) is 0. The Hall–Kier alpha value is -2.55. The Morgan fingerprint density at radius 3 is 2.67 bits per heavy atom. The summed E-state index contributed by atoms with van der Waals surface area (Å²) in [6.07, 6.45) is 15.0. The van der Waals surface area contributed by atoms with Crippen molar-refractivity contribution in [3.05, 3.63) is 77.6 Å². The molecule has 3 nitrogen and oxygen atoms in total. The first-order valence-corrected chi connectivity index (χ1v) is 8.63. The Morgan fingerprint density at radius 1 is 1.12 bits per heavy atom. The van der Waals surface area contributed by atoms with E-state index in [0.29, 0.717) is 12.5 Å². The van der Waals surface area contributed by atoms with Gasteiger partial charge in [0.25, 0.3) is 0 Å². The maximum absolute atomic E-state index is 8.67. The van der Waals surface area contributed by atoms with E-state index in [4.69, 9.17) is 5.41 Å². The molecule has 0 saturated heterocycles. The minimum atomic E-state index is 0.549. The highest BCUT2D eigenvalue weighted by molar-refractivity contribution is 6.09. The van der Waals surface area contributed by atoms with E-state index in [1.54, 1.807) is 0 Å². The van der Waals surface area contributed by atoms with Crippen molar-refractivity contribution < 1.29 is 0 Å². The van der Waals surface area contributed by atoms with Crippen LogP contribution in [0.15, 0.2) is 77.6 Å². The Labute approximate surface area is 144 Å². The lowest BCUT2D eigenvalue weighted by atomic mass is 10.0. The van der Waals surface area contributed by atoms with Crippen LogP contribution in [0.5, 0.6) is 0 Å². The molecule has 3 heteroatoms. The highest BCUT2D eigenvalue weighted by Crippen LogP contribution is 2.20. The maximum Gasteiger partial charge on any atom is 0.133 e. The molecular weight excluding hydrogens is 294 g/mol. The minimum absolute atomic E-state index is 0.549. The molecule has 0 fully saturated rings. The number of amidine groups is 1. The van der Waals surface area contributed by atoms with Crippen LogP contribution in [-0.2, 0) is 0 Å². The highest BCUT2D eigenvalue weighted by Gasteiger charge is 2.16. The maximum atomic E-state index is 8.67. The van der Waals surface area contributed by atoms with E-state index in [0.717, 1.165) is 36.9 Å². The van der Waals surface area contributed by atoms with Crippen LogP contribution in [0.25, 0.3) is 0 Å². The van der Waals surface area contributed by atoms with Crippen molar-refractivity contribution in [1.29, 1.82) is 5.41 Å². The zero-order valence-electron chi connectivity index (χ0n) is 14.3. The normalized spacial score (nSPS) is 16.8. The van der Waals surface area contributed by atoms with Gasteiger partial charge in [0.05, 0.1) is 6.67 Å². The number of anilines is 1. The fourth-order valence-corrected chi connectivity index (χ4v) is 3.03. The zero-order valence-corrected chi connectivity index (χ0v) is 14.3. The molecular formula is C21H25N3. The number of rotatable bonds is 5. The van der Waals surface area contributed by atoms with Gasteiger partial charge in [-0.1, -0.05) is 48.1 Å². The minimum Gasteiger partial charge on any atom is -0.371 e. The van der Waals surface area contributed by atoms with E-state index in [1.165, 1.54) is 11.3 Å². The van der Waals surface area contributed by atoms with Gasteiger partial charge in [-0.05, 0) is 50.8 Å². The Bertz CT molecular complexity index is 708. The Kier molecular flexibility index (Phi) is 5.32. The first kappa shape index (κ1) is 16.3. The molecule has 0 atom stereocenters. The van der Waals surface area contributed by atoms with Crippen LogP contribution in [-0.4, -0.2) is 12.5 Å². The van der Waals surface area contributed by atoms with Gasteiger partial charge in [0.2, 0.25) is 0 Å². The van der Waals surface area contributed by atoms with Crippen LogP contribution in [0.3, 0.4) is 0 Å². The van der Waals surface area contributed by atoms with Gasteiger partial charge >= 0.3 is 0 Å². The quantitative estimate of drug-likeness (QED) is 0.459. The van der Waals surface area contributed by atoms with Gasteiger partial charge in [0.1, 0.15) is 5.84 Å². The molecule has 0 aliphatic heterocycles. The highest BCUT2D eigenvalue weighted by atomic mass is 15.3. The number of benzene rings is 1. The Balaban J connectivity index is 1.78. The molecule has 0 aromatic heterocycles. The third-order valence-corrected chi connectivity index (χ3v) is 4.35. The van der Waals surface area contributed by atoms with Crippen LogP contribution in [0.2, 0.25) is 0 Å². The number of nitrogens with zero attached hydrogens (tertiary/aromatic N) is 1. The molecule has 2 aliphatic rings. The summed E-state index contributed by atoms with van der Waals surface area (Å²) in [5, 5.41) is 12.2. The average molecular weight is 319 g/mol. The van der Waals surface area contributed by atoms with Crippen LogP contribution >= 0.6 is 0 Å². The van der Waals surface area contributed by atoms with Gasteiger partial charge in [-0.25, -0.2) is 0 Å². The molecule has 0 heterocycles. The lowest BCUT2D eigenvalue weighted by Crippen LogP contribution is -2.39. The second-order valence-corrected chi connectivity index (χ2v) is 6.24. The molecule has 0 spiro atoms. The molecule has 0 radical (unpaired) electrons. The summed E-state index contributed by atoms with van der Waals surface area (Å²) in [6, 6.07) is 10.2. The zero-order chi connectivity index (χ0) is 16.8. The van der Waals surface area contributed by atoms with Crippen molar-refractivity contribution in [2.24, 2.45) is 0 Å². The summed E-state index contributed by atoms with van der Waals surface area (Å²) in [4.78, 5) is 2.04. The van der Waals surface area contributed by atoms with Gasteiger partial charge in [-0.2, -0.15) is 0 Å². The number of hydrogen-bond donors (Lipinski definition) is 2. The summed E-state index contributed by atoms with van der Waals surface area (Å²) in [6.45, 7) is 2.74. The van der Waals surface area contributed by atoms with Crippen molar-refractivity contribution in [1.82, 2.24) is 5.32 Å². The van der Waals surface area contributed by atoms with Gasteiger partial charge in [0.15, 0.2) is 0 Å². The van der Waals surface area contributed by atoms with Crippen molar-refractivity contribution in [3.63, 3.8) is 0 Å². The smallest absolute Gasteiger partial charge is 0.133 e. The molecule has 1 aromatic carbocycles. The summed E-state index contributed by atoms with van der Waals surface area (Å²) >= 11 is 0. The second-order valence-electron chi connectivity index (χ2n) is 6.24.